The summed E-state index contributed by atoms with van der Waals surface area (Å²) >= 11 is 5.54. The molecule has 1 aromatic heterocycles. The summed E-state index contributed by atoms with van der Waals surface area (Å²) in [5.41, 5.74) is 5.47. The van der Waals surface area contributed by atoms with Gasteiger partial charge < -0.3 is 10.3 Å². The predicted octanol–water partition coefficient (Wildman–Crippen LogP) is 0.923. The monoisotopic (exact) mass is 306 g/mol. The molecule has 3 N–H and O–H groups in total. The van der Waals surface area contributed by atoms with Crippen molar-refractivity contribution in [2.24, 2.45) is 0 Å². The predicted molar refractivity (Wildman–Crippen MR) is 64.1 cm³/mol. The van der Waals surface area contributed by atoms with Crippen molar-refractivity contribution >= 4 is 27.3 Å². The van der Waals surface area contributed by atoms with Gasteiger partial charge in [0.25, 0.3) is 0 Å². The van der Waals surface area contributed by atoms with Crippen LogP contribution in [0.1, 0.15) is 5.82 Å². The zero-order chi connectivity index (χ0) is 14.0. The van der Waals surface area contributed by atoms with Crippen molar-refractivity contribution in [3.63, 3.8) is 0 Å². The molecule has 0 aliphatic carbocycles. The fourth-order valence-corrected chi connectivity index (χ4v) is 2.68. The molecule has 0 aliphatic rings. The number of benzene rings is 1. The zero-order valence-corrected chi connectivity index (χ0v) is 10.9. The number of aromatic nitrogens is 2. The number of rotatable bonds is 4. The molecule has 2 rings (SSSR count). The van der Waals surface area contributed by atoms with Crippen LogP contribution in [-0.2, 0) is 16.6 Å². The summed E-state index contributed by atoms with van der Waals surface area (Å²) in [7, 11) is -4.12. The van der Waals surface area contributed by atoms with E-state index in [9.17, 15) is 12.8 Å². The van der Waals surface area contributed by atoms with Gasteiger partial charge in [0.2, 0.25) is 16.4 Å². The van der Waals surface area contributed by atoms with Crippen LogP contribution in [0.15, 0.2) is 27.9 Å². The Labute approximate surface area is 112 Å². The summed E-state index contributed by atoms with van der Waals surface area (Å²) in [4.78, 5) is 2.98. The Kier molecular flexibility index (Phi) is 3.69. The van der Waals surface area contributed by atoms with Gasteiger partial charge in [0.15, 0.2) is 11.6 Å². The first-order valence-corrected chi connectivity index (χ1v) is 6.75. The molecule has 19 heavy (non-hydrogen) atoms. The number of hydrogen-bond donors (Lipinski definition) is 2. The van der Waals surface area contributed by atoms with E-state index in [2.05, 4.69) is 19.4 Å². The van der Waals surface area contributed by atoms with Crippen molar-refractivity contribution in [2.45, 2.75) is 11.4 Å². The van der Waals surface area contributed by atoms with Gasteiger partial charge in [0.05, 0.1) is 11.6 Å². The molecule has 7 nitrogen and oxygen atoms in total. The molecule has 102 valence electrons. The molecule has 0 spiro atoms. The van der Waals surface area contributed by atoms with E-state index in [4.69, 9.17) is 17.3 Å². The molecule has 0 atom stereocenters. The molecule has 0 aliphatic heterocycles. The number of nitrogens with zero attached hydrogens (tertiary/aromatic N) is 2. The fraction of sp³-hybridized carbons (Fsp3) is 0.111. The second-order valence-electron chi connectivity index (χ2n) is 3.49. The lowest BCUT2D eigenvalue weighted by molar-refractivity contribution is 0.409. The zero-order valence-electron chi connectivity index (χ0n) is 9.30. The van der Waals surface area contributed by atoms with Crippen molar-refractivity contribution in [1.82, 2.24) is 14.9 Å². The van der Waals surface area contributed by atoms with Crippen LogP contribution in [0.3, 0.4) is 0 Å². The molecule has 0 fully saturated rings. The normalized spacial score (nSPS) is 11.7. The van der Waals surface area contributed by atoms with Crippen LogP contribution in [0, 0.1) is 5.82 Å². The lowest BCUT2D eigenvalue weighted by atomic mass is 10.3. The largest absolute Gasteiger partial charge is 0.399 e. The average molecular weight is 307 g/mol. The van der Waals surface area contributed by atoms with Crippen LogP contribution >= 0.6 is 11.6 Å². The number of sulfonamides is 1. The van der Waals surface area contributed by atoms with Crippen LogP contribution in [-0.4, -0.2) is 18.6 Å². The summed E-state index contributed by atoms with van der Waals surface area (Å²) in [6, 6.07) is 2.09. The smallest absolute Gasteiger partial charge is 0.244 e. The Bertz CT molecular complexity index is 690. The highest BCUT2D eigenvalue weighted by Crippen LogP contribution is 2.25. The van der Waals surface area contributed by atoms with Crippen LogP contribution in [0.25, 0.3) is 0 Å². The standard InChI is InChI=1S/C9H8ClFN4O3S/c10-6-1-5(12)2-7(9(6)11)19(16,17)14-3-8-13-4-18-15-8/h1-2,4,14H,3,12H2. The van der Waals surface area contributed by atoms with Gasteiger partial charge in [0, 0.05) is 5.69 Å². The highest BCUT2D eigenvalue weighted by atomic mass is 35.5. The molecule has 0 amide bonds. The quantitative estimate of drug-likeness (QED) is 0.813. The molecule has 0 bridgehead atoms. The first-order valence-electron chi connectivity index (χ1n) is 4.89. The topological polar surface area (TPSA) is 111 Å². The number of anilines is 1. The van der Waals surface area contributed by atoms with Crippen molar-refractivity contribution in [2.75, 3.05) is 5.73 Å². The number of nitrogens with one attached hydrogen (secondary N) is 1. The third-order valence-electron chi connectivity index (χ3n) is 2.13. The molecular weight excluding hydrogens is 299 g/mol. The van der Waals surface area contributed by atoms with Crippen molar-refractivity contribution in [3.8, 4) is 0 Å². The molecule has 1 heterocycles. The third kappa shape index (κ3) is 3.00. The number of halogens is 2. The van der Waals surface area contributed by atoms with E-state index in [0.717, 1.165) is 18.5 Å². The minimum absolute atomic E-state index is 0.0336. The molecule has 0 saturated heterocycles. The second-order valence-corrected chi connectivity index (χ2v) is 5.63. The minimum Gasteiger partial charge on any atom is -0.399 e. The lowest BCUT2D eigenvalue weighted by Crippen LogP contribution is -2.25. The molecule has 0 radical (unpaired) electrons. The van der Waals surface area contributed by atoms with Crippen molar-refractivity contribution in [3.05, 3.63) is 35.2 Å². The van der Waals surface area contributed by atoms with Crippen LogP contribution in [0.5, 0.6) is 0 Å². The van der Waals surface area contributed by atoms with E-state index >= 15 is 0 Å². The van der Waals surface area contributed by atoms with Gasteiger partial charge in [-0.25, -0.2) is 17.5 Å². The first kappa shape index (κ1) is 13.7. The molecule has 1 aromatic carbocycles. The van der Waals surface area contributed by atoms with Gasteiger partial charge in [-0.15, -0.1) is 0 Å². The van der Waals surface area contributed by atoms with Gasteiger partial charge in [-0.2, -0.15) is 4.98 Å². The number of nitrogen functional groups attached to an aromatic ring is 1. The van der Waals surface area contributed by atoms with Crippen LogP contribution in [0.2, 0.25) is 5.02 Å². The number of hydrogen-bond acceptors (Lipinski definition) is 6. The summed E-state index contributed by atoms with van der Waals surface area (Å²) in [6.07, 6.45) is 1.04. The average Bonchev–Trinajstić information content (AvgIpc) is 2.84. The van der Waals surface area contributed by atoms with E-state index in [1.807, 2.05) is 0 Å². The molecule has 10 heteroatoms. The fourth-order valence-electron chi connectivity index (χ4n) is 1.29. The van der Waals surface area contributed by atoms with Crippen LogP contribution < -0.4 is 10.5 Å². The maximum Gasteiger partial charge on any atom is 0.244 e. The molecule has 0 saturated carbocycles. The molecular formula is C9H8ClFN4O3S. The number of nitrogens with two attached hydrogens (primary N) is 1. The lowest BCUT2D eigenvalue weighted by Gasteiger charge is -2.08. The van der Waals surface area contributed by atoms with E-state index in [1.54, 1.807) is 0 Å². The summed E-state index contributed by atoms with van der Waals surface area (Å²) in [6.45, 7) is -0.245. The Morgan fingerprint density at radius 2 is 2.21 bits per heavy atom. The maximum absolute atomic E-state index is 13.7. The Morgan fingerprint density at radius 1 is 1.47 bits per heavy atom. The van der Waals surface area contributed by atoms with Crippen LogP contribution in [0.4, 0.5) is 10.1 Å². The van der Waals surface area contributed by atoms with E-state index < -0.39 is 20.7 Å². The Balaban J connectivity index is 2.29. The summed E-state index contributed by atoms with van der Waals surface area (Å²) in [5.74, 6) is -0.963. The highest BCUT2D eigenvalue weighted by molar-refractivity contribution is 7.89. The van der Waals surface area contributed by atoms with E-state index in [1.165, 1.54) is 0 Å². The van der Waals surface area contributed by atoms with Gasteiger partial charge in [-0.05, 0) is 12.1 Å². The Hall–Kier alpha value is -1.71. The summed E-state index contributed by atoms with van der Waals surface area (Å²) < 4.78 is 44.0. The Morgan fingerprint density at radius 3 is 2.84 bits per heavy atom. The van der Waals surface area contributed by atoms with Gasteiger partial charge >= 0.3 is 0 Å². The maximum atomic E-state index is 13.7. The SMILES string of the molecule is Nc1cc(Cl)c(F)c(S(=O)(=O)NCc2ncon2)c1. The van der Waals surface area contributed by atoms with Gasteiger partial charge in [0.1, 0.15) is 4.90 Å². The molecule has 2 aromatic rings. The van der Waals surface area contributed by atoms with Crippen molar-refractivity contribution in [1.29, 1.82) is 0 Å². The van der Waals surface area contributed by atoms with E-state index in [0.29, 0.717) is 0 Å². The molecule has 0 unspecified atom stereocenters. The van der Waals surface area contributed by atoms with E-state index in [-0.39, 0.29) is 23.1 Å². The minimum atomic E-state index is -4.12. The highest BCUT2D eigenvalue weighted by Gasteiger charge is 2.22. The third-order valence-corrected chi connectivity index (χ3v) is 3.81. The van der Waals surface area contributed by atoms with Gasteiger partial charge in [-0.1, -0.05) is 16.8 Å². The second kappa shape index (κ2) is 5.11. The summed E-state index contributed by atoms with van der Waals surface area (Å²) in [5, 5.41) is 3.04. The van der Waals surface area contributed by atoms with Crippen molar-refractivity contribution < 1.29 is 17.3 Å². The first-order chi connectivity index (χ1) is 8.90. The van der Waals surface area contributed by atoms with Gasteiger partial charge in [-0.3, -0.25) is 0 Å².